The van der Waals surface area contributed by atoms with Gasteiger partial charge >= 0.3 is 5.97 Å². The van der Waals surface area contributed by atoms with Crippen molar-refractivity contribution in [2.75, 3.05) is 0 Å². The minimum Gasteiger partial charge on any atom is -0.478 e. The molecule has 0 amide bonds. The van der Waals surface area contributed by atoms with Crippen LogP contribution >= 0.6 is 0 Å². The lowest BCUT2D eigenvalue weighted by atomic mass is 10.1. The van der Waals surface area contributed by atoms with E-state index in [1.807, 2.05) is 0 Å². The lowest BCUT2D eigenvalue weighted by molar-refractivity contribution is 0.0698. The molecule has 0 saturated carbocycles. The Hall–Kier alpha value is -2.69. The quantitative estimate of drug-likeness (QED) is 0.798. The molecule has 0 aliphatic carbocycles. The highest BCUT2D eigenvalue weighted by atomic mass is 19.1. The van der Waals surface area contributed by atoms with Crippen molar-refractivity contribution in [3.05, 3.63) is 71.4 Å². The smallest absolute Gasteiger partial charge is 0.337 e. The van der Waals surface area contributed by atoms with Crippen molar-refractivity contribution in [3.8, 4) is 0 Å². The fourth-order valence-corrected chi connectivity index (χ4v) is 2.46. The minimum atomic E-state index is -1.04. The number of carbonyl (C=O) groups is 1. The predicted octanol–water partition coefficient (Wildman–Crippen LogP) is 3.67. The molecule has 1 heterocycles. The molecule has 0 atom stereocenters. The molecule has 21 heavy (non-hydrogen) atoms. The van der Waals surface area contributed by atoms with Crippen LogP contribution in [0.4, 0.5) is 8.78 Å². The highest BCUT2D eigenvalue weighted by molar-refractivity contribution is 6.02. The molecule has 0 radical (unpaired) electrons. The zero-order valence-electron chi connectivity index (χ0n) is 10.9. The Bertz CT molecular complexity index is 819. The molecular weight excluding hydrogens is 276 g/mol. The topological polar surface area (TPSA) is 42.2 Å². The number of carboxylic acid groups (broad SMARTS) is 1. The van der Waals surface area contributed by atoms with Crippen molar-refractivity contribution < 1.29 is 18.7 Å². The van der Waals surface area contributed by atoms with Crippen LogP contribution in [-0.2, 0) is 6.54 Å². The van der Waals surface area contributed by atoms with Gasteiger partial charge in [-0.3, -0.25) is 0 Å². The molecule has 0 saturated heterocycles. The normalized spacial score (nSPS) is 11.0. The molecule has 2 aromatic carbocycles. The molecule has 5 heteroatoms. The molecule has 3 nitrogen and oxygen atoms in total. The van der Waals surface area contributed by atoms with E-state index < -0.39 is 17.6 Å². The minimum absolute atomic E-state index is 0.161. The Morgan fingerprint density at radius 2 is 1.81 bits per heavy atom. The second kappa shape index (κ2) is 5.01. The number of nitrogens with zero attached hydrogens (tertiary/aromatic N) is 1. The van der Waals surface area contributed by atoms with Crippen LogP contribution in [0.15, 0.2) is 48.7 Å². The number of fused-ring (bicyclic) bond motifs is 1. The Morgan fingerprint density at radius 3 is 2.48 bits per heavy atom. The number of carboxylic acids is 1. The number of rotatable bonds is 3. The average molecular weight is 287 g/mol. The third-order valence-corrected chi connectivity index (χ3v) is 3.29. The Kier molecular flexibility index (Phi) is 3.17. The molecule has 0 fully saturated rings. The molecule has 0 spiro atoms. The van der Waals surface area contributed by atoms with Gasteiger partial charge in [-0.15, -0.1) is 0 Å². The van der Waals surface area contributed by atoms with Crippen molar-refractivity contribution in [1.29, 1.82) is 0 Å². The molecular formula is C16H11F2NO2. The predicted molar refractivity (Wildman–Crippen MR) is 74.4 cm³/mol. The Morgan fingerprint density at radius 1 is 1.10 bits per heavy atom. The second-order valence-corrected chi connectivity index (χ2v) is 4.77. The van der Waals surface area contributed by atoms with E-state index in [9.17, 15) is 18.7 Å². The summed E-state index contributed by atoms with van der Waals surface area (Å²) in [5.41, 5.74) is 1.13. The average Bonchev–Trinajstić information content (AvgIpc) is 2.80. The van der Waals surface area contributed by atoms with E-state index in [1.165, 1.54) is 18.2 Å². The number of hydrogen-bond donors (Lipinski definition) is 1. The van der Waals surface area contributed by atoms with Crippen LogP contribution in [0.1, 0.15) is 15.9 Å². The maximum absolute atomic E-state index is 13.2. The van der Waals surface area contributed by atoms with Gasteiger partial charge in [-0.05, 0) is 29.8 Å². The van der Waals surface area contributed by atoms with Crippen molar-refractivity contribution in [2.24, 2.45) is 0 Å². The van der Waals surface area contributed by atoms with Crippen molar-refractivity contribution in [2.45, 2.75) is 6.54 Å². The summed E-state index contributed by atoms with van der Waals surface area (Å²) in [5, 5.41) is 10.0. The van der Waals surface area contributed by atoms with Crippen LogP contribution < -0.4 is 0 Å². The fourth-order valence-electron chi connectivity index (χ4n) is 2.46. The molecule has 3 rings (SSSR count). The standard InChI is InChI=1S/C16H11F2NO2/c17-12-6-10(7-13(18)8-12)9-19-5-4-11-2-1-3-14(15(11)19)16(20)21/h1-8H,9H2,(H,20,21). The Labute approximate surface area is 119 Å². The first-order valence-electron chi connectivity index (χ1n) is 6.31. The van der Waals surface area contributed by atoms with Gasteiger partial charge in [0.1, 0.15) is 11.6 Å². The van der Waals surface area contributed by atoms with Gasteiger partial charge in [-0.25, -0.2) is 13.6 Å². The maximum Gasteiger partial charge on any atom is 0.337 e. The summed E-state index contributed by atoms with van der Waals surface area (Å²) in [7, 11) is 0. The van der Waals surface area contributed by atoms with E-state index in [0.717, 1.165) is 11.5 Å². The van der Waals surface area contributed by atoms with E-state index in [4.69, 9.17) is 0 Å². The molecule has 0 unspecified atom stereocenters. The fraction of sp³-hybridized carbons (Fsp3) is 0.0625. The van der Waals surface area contributed by atoms with Gasteiger partial charge in [0, 0.05) is 24.2 Å². The van der Waals surface area contributed by atoms with Crippen LogP contribution in [-0.4, -0.2) is 15.6 Å². The maximum atomic E-state index is 13.2. The summed E-state index contributed by atoms with van der Waals surface area (Å²) in [6.45, 7) is 0.197. The molecule has 3 aromatic rings. The zero-order valence-corrected chi connectivity index (χ0v) is 10.9. The monoisotopic (exact) mass is 287 g/mol. The number of aromatic carboxylic acids is 1. The number of hydrogen-bond acceptors (Lipinski definition) is 1. The van der Waals surface area contributed by atoms with Gasteiger partial charge in [0.25, 0.3) is 0 Å². The van der Waals surface area contributed by atoms with Crippen molar-refractivity contribution in [1.82, 2.24) is 4.57 Å². The summed E-state index contributed by atoms with van der Waals surface area (Å²) < 4.78 is 28.1. The number of aromatic nitrogens is 1. The lowest BCUT2D eigenvalue weighted by Gasteiger charge is -2.08. The zero-order chi connectivity index (χ0) is 15.0. The highest BCUT2D eigenvalue weighted by Crippen LogP contribution is 2.22. The number of para-hydroxylation sites is 1. The van der Waals surface area contributed by atoms with Gasteiger partial charge < -0.3 is 9.67 Å². The summed E-state index contributed by atoms with van der Waals surface area (Å²) >= 11 is 0. The summed E-state index contributed by atoms with van der Waals surface area (Å²) in [4.78, 5) is 11.3. The highest BCUT2D eigenvalue weighted by Gasteiger charge is 2.12. The molecule has 1 N–H and O–H groups in total. The van der Waals surface area contributed by atoms with Crippen molar-refractivity contribution in [3.63, 3.8) is 0 Å². The van der Waals surface area contributed by atoms with Crippen LogP contribution in [0, 0.1) is 11.6 Å². The molecule has 1 aromatic heterocycles. The van der Waals surface area contributed by atoms with Crippen LogP contribution in [0.2, 0.25) is 0 Å². The van der Waals surface area contributed by atoms with E-state index in [2.05, 4.69) is 0 Å². The van der Waals surface area contributed by atoms with Gasteiger partial charge in [0.2, 0.25) is 0 Å². The summed E-state index contributed by atoms with van der Waals surface area (Å²) in [6, 6.07) is 10.0. The van der Waals surface area contributed by atoms with Gasteiger partial charge in [0.05, 0.1) is 11.1 Å². The largest absolute Gasteiger partial charge is 0.478 e. The van der Waals surface area contributed by atoms with E-state index in [0.29, 0.717) is 11.1 Å². The molecule has 0 bridgehead atoms. The molecule has 0 aliphatic heterocycles. The van der Waals surface area contributed by atoms with E-state index in [1.54, 1.807) is 29.0 Å². The van der Waals surface area contributed by atoms with Gasteiger partial charge in [0.15, 0.2) is 0 Å². The van der Waals surface area contributed by atoms with E-state index in [-0.39, 0.29) is 12.1 Å². The summed E-state index contributed by atoms with van der Waals surface area (Å²) in [5.74, 6) is -2.34. The van der Waals surface area contributed by atoms with E-state index >= 15 is 0 Å². The first-order valence-corrected chi connectivity index (χ1v) is 6.31. The first kappa shape index (κ1) is 13.3. The van der Waals surface area contributed by atoms with Crippen LogP contribution in [0.5, 0.6) is 0 Å². The number of halogens is 2. The Balaban J connectivity index is 2.10. The third-order valence-electron chi connectivity index (χ3n) is 3.29. The molecule has 106 valence electrons. The SMILES string of the molecule is O=C(O)c1cccc2ccn(Cc3cc(F)cc(F)c3)c12. The third kappa shape index (κ3) is 2.50. The first-order chi connectivity index (χ1) is 10.0. The van der Waals surface area contributed by atoms with Gasteiger partial charge in [-0.1, -0.05) is 12.1 Å². The van der Waals surface area contributed by atoms with Crippen LogP contribution in [0.25, 0.3) is 10.9 Å². The second-order valence-electron chi connectivity index (χ2n) is 4.77. The lowest BCUT2D eigenvalue weighted by Crippen LogP contribution is -2.04. The summed E-state index contributed by atoms with van der Waals surface area (Å²) in [6.07, 6.45) is 1.71. The number of benzene rings is 2. The van der Waals surface area contributed by atoms with Crippen molar-refractivity contribution >= 4 is 16.9 Å². The van der Waals surface area contributed by atoms with Crippen LogP contribution in [0.3, 0.4) is 0 Å². The van der Waals surface area contributed by atoms with Gasteiger partial charge in [-0.2, -0.15) is 0 Å². The molecule has 0 aliphatic rings.